The summed E-state index contributed by atoms with van der Waals surface area (Å²) in [5.74, 6) is -0.291. The van der Waals surface area contributed by atoms with Gasteiger partial charge >= 0.3 is 0 Å². The number of amides is 1. The Bertz CT molecular complexity index is 757. The topological polar surface area (TPSA) is 35.6 Å². The van der Waals surface area contributed by atoms with Gasteiger partial charge in [-0.15, -0.1) is 11.3 Å². The van der Waals surface area contributed by atoms with Crippen molar-refractivity contribution >= 4 is 63.4 Å². The molecule has 0 spiro atoms. The number of halogens is 3. The van der Waals surface area contributed by atoms with E-state index in [0.29, 0.717) is 24.9 Å². The number of hydrogen-bond donors (Lipinski definition) is 1. The molecule has 1 N–H and O–H groups in total. The lowest BCUT2D eigenvalue weighted by atomic mass is 10.2. The Morgan fingerprint density at radius 1 is 1.12 bits per heavy atom. The van der Waals surface area contributed by atoms with Crippen molar-refractivity contribution in [2.24, 2.45) is 0 Å². The lowest BCUT2D eigenvalue weighted by Crippen LogP contribution is -2.44. The van der Waals surface area contributed by atoms with Crippen LogP contribution in [0.4, 0.5) is 11.4 Å². The van der Waals surface area contributed by atoms with Gasteiger partial charge in [0, 0.05) is 31.2 Å². The van der Waals surface area contributed by atoms with Crippen molar-refractivity contribution in [3.8, 4) is 0 Å². The molecule has 0 unspecified atom stereocenters. The Labute approximate surface area is 159 Å². The van der Waals surface area contributed by atoms with Gasteiger partial charge in [0.15, 0.2) is 0 Å². The fraction of sp³-hybridized carbons (Fsp3) is 0.312. The molecule has 1 fully saturated rings. The van der Waals surface area contributed by atoms with Gasteiger partial charge in [-0.2, -0.15) is 0 Å². The van der Waals surface area contributed by atoms with E-state index in [1.165, 1.54) is 11.3 Å². The zero-order valence-electron chi connectivity index (χ0n) is 13.0. The molecule has 8 heteroatoms. The maximum absolute atomic E-state index is 12.5. The SMILES string of the molecule is CN1CCN(c2ccc(Cl)cc2NC(=O)c2cc(Cl)sc2Cl)CC1. The van der Waals surface area contributed by atoms with Gasteiger partial charge in [0.05, 0.1) is 21.3 Å². The molecule has 1 saturated heterocycles. The monoisotopic (exact) mass is 403 g/mol. The molecule has 128 valence electrons. The Morgan fingerprint density at radius 2 is 1.83 bits per heavy atom. The van der Waals surface area contributed by atoms with Crippen molar-refractivity contribution in [3.63, 3.8) is 0 Å². The number of rotatable bonds is 3. The van der Waals surface area contributed by atoms with Crippen molar-refractivity contribution in [1.29, 1.82) is 0 Å². The summed E-state index contributed by atoms with van der Waals surface area (Å²) in [6.45, 7) is 3.74. The number of carbonyl (C=O) groups is 1. The number of likely N-dealkylation sites (N-methyl/N-ethyl adjacent to an activating group) is 1. The predicted octanol–water partition coefficient (Wildman–Crippen LogP) is 4.71. The number of hydrogen-bond acceptors (Lipinski definition) is 4. The lowest BCUT2D eigenvalue weighted by molar-refractivity contribution is 0.102. The molecule has 0 saturated carbocycles. The van der Waals surface area contributed by atoms with Crippen molar-refractivity contribution in [3.05, 3.63) is 43.5 Å². The largest absolute Gasteiger partial charge is 0.367 e. The van der Waals surface area contributed by atoms with Crippen LogP contribution in [0.2, 0.25) is 13.7 Å². The summed E-state index contributed by atoms with van der Waals surface area (Å²) >= 11 is 19.3. The normalized spacial score (nSPS) is 15.6. The third kappa shape index (κ3) is 3.98. The van der Waals surface area contributed by atoms with Gasteiger partial charge in [-0.3, -0.25) is 4.79 Å². The first-order valence-electron chi connectivity index (χ1n) is 7.43. The second-order valence-electron chi connectivity index (χ2n) is 5.64. The Balaban J connectivity index is 1.85. The van der Waals surface area contributed by atoms with Crippen LogP contribution in [0.15, 0.2) is 24.3 Å². The van der Waals surface area contributed by atoms with E-state index in [2.05, 4.69) is 22.2 Å². The second-order valence-corrected chi connectivity index (χ2v) is 8.37. The zero-order valence-corrected chi connectivity index (χ0v) is 16.1. The molecule has 0 bridgehead atoms. The molecule has 1 aromatic heterocycles. The number of piperazine rings is 1. The minimum atomic E-state index is -0.291. The molecular weight excluding hydrogens is 389 g/mol. The molecule has 2 aromatic rings. The summed E-state index contributed by atoms with van der Waals surface area (Å²) in [6.07, 6.45) is 0. The molecule has 1 amide bonds. The first-order chi connectivity index (χ1) is 11.4. The number of thiophene rings is 1. The van der Waals surface area contributed by atoms with Gasteiger partial charge in [-0.1, -0.05) is 34.8 Å². The van der Waals surface area contributed by atoms with E-state index in [0.717, 1.165) is 31.9 Å². The van der Waals surface area contributed by atoms with Crippen molar-refractivity contribution in [2.45, 2.75) is 0 Å². The van der Waals surface area contributed by atoms with Crippen LogP contribution >= 0.6 is 46.1 Å². The van der Waals surface area contributed by atoms with Crippen LogP contribution in [-0.2, 0) is 0 Å². The van der Waals surface area contributed by atoms with Crippen molar-refractivity contribution in [2.75, 3.05) is 43.4 Å². The molecule has 0 aliphatic carbocycles. The van der Waals surface area contributed by atoms with Gasteiger partial charge in [-0.25, -0.2) is 0 Å². The molecule has 4 nitrogen and oxygen atoms in total. The highest BCUT2D eigenvalue weighted by Gasteiger charge is 2.20. The molecule has 1 aliphatic rings. The third-order valence-corrected chi connectivity index (χ3v) is 5.67. The van der Waals surface area contributed by atoms with Crippen LogP contribution in [-0.4, -0.2) is 44.0 Å². The summed E-state index contributed by atoms with van der Waals surface area (Å²) < 4.78 is 0.858. The highest BCUT2D eigenvalue weighted by Crippen LogP contribution is 2.34. The van der Waals surface area contributed by atoms with Gasteiger partial charge in [0.1, 0.15) is 4.34 Å². The standard InChI is InChI=1S/C16H16Cl3N3OS/c1-21-4-6-22(7-5-21)13-3-2-10(17)8-12(13)20-16(23)11-9-14(18)24-15(11)19/h2-3,8-9H,4-7H2,1H3,(H,20,23). The third-order valence-electron chi connectivity index (χ3n) is 3.95. The zero-order chi connectivity index (χ0) is 17.3. The number of nitrogens with zero attached hydrogens (tertiary/aromatic N) is 2. The highest BCUT2D eigenvalue weighted by molar-refractivity contribution is 7.20. The number of anilines is 2. The van der Waals surface area contributed by atoms with Crippen molar-refractivity contribution in [1.82, 2.24) is 4.90 Å². The Morgan fingerprint density at radius 3 is 2.46 bits per heavy atom. The van der Waals surface area contributed by atoms with E-state index < -0.39 is 0 Å². The van der Waals surface area contributed by atoms with E-state index in [1.807, 2.05) is 12.1 Å². The molecule has 24 heavy (non-hydrogen) atoms. The predicted molar refractivity (Wildman–Crippen MR) is 103 cm³/mol. The van der Waals surface area contributed by atoms with E-state index in [1.54, 1.807) is 12.1 Å². The summed E-state index contributed by atoms with van der Waals surface area (Å²) in [6, 6.07) is 7.10. The van der Waals surface area contributed by atoms with E-state index >= 15 is 0 Å². The maximum Gasteiger partial charge on any atom is 0.258 e. The van der Waals surface area contributed by atoms with Gasteiger partial charge in [-0.05, 0) is 31.3 Å². The van der Waals surface area contributed by atoms with Gasteiger partial charge in [0.2, 0.25) is 0 Å². The quantitative estimate of drug-likeness (QED) is 0.804. The minimum Gasteiger partial charge on any atom is -0.367 e. The highest BCUT2D eigenvalue weighted by atomic mass is 35.5. The average molecular weight is 405 g/mol. The molecule has 0 radical (unpaired) electrons. The second kappa shape index (κ2) is 7.50. The number of benzene rings is 1. The fourth-order valence-electron chi connectivity index (χ4n) is 2.62. The number of nitrogens with one attached hydrogen (secondary N) is 1. The first-order valence-corrected chi connectivity index (χ1v) is 9.38. The lowest BCUT2D eigenvalue weighted by Gasteiger charge is -2.35. The first kappa shape index (κ1) is 17.8. The van der Waals surface area contributed by atoms with Crippen LogP contribution < -0.4 is 10.2 Å². The average Bonchev–Trinajstić information content (AvgIpc) is 2.87. The summed E-state index contributed by atoms with van der Waals surface area (Å²) in [4.78, 5) is 17.0. The van der Waals surface area contributed by atoms with Crippen molar-refractivity contribution < 1.29 is 4.79 Å². The van der Waals surface area contributed by atoms with E-state index in [4.69, 9.17) is 34.8 Å². The Hall–Kier alpha value is -0.980. The molecule has 1 aromatic carbocycles. The van der Waals surface area contributed by atoms with E-state index in [-0.39, 0.29) is 5.91 Å². The smallest absolute Gasteiger partial charge is 0.258 e. The molecule has 3 rings (SSSR count). The fourth-order valence-corrected chi connectivity index (χ4v) is 4.25. The van der Waals surface area contributed by atoms with Gasteiger partial charge in [0.25, 0.3) is 5.91 Å². The summed E-state index contributed by atoms with van der Waals surface area (Å²) in [7, 11) is 2.10. The van der Waals surface area contributed by atoms with Crippen LogP contribution in [0.25, 0.3) is 0 Å². The van der Waals surface area contributed by atoms with Crippen LogP contribution in [0, 0.1) is 0 Å². The maximum atomic E-state index is 12.5. The molecule has 1 aliphatic heterocycles. The molecular formula is C16H16Cl3N3OS. The summed E-state index contributed by atoms with van der Waals surface area (Å²) in [5.41, 5.74) is 2.00. The Kier molecular flexibility index (Phi) is 5.57. The minimum absolute atomic E-state index is 0.291. The van der Waals surface area contributed by atoms with Crippen LogP contribution in [0.1, 0.15) is 10.4 Å². The van der Waals surface area contributed by atoms with Crippen LogP contribution in [0.5, 0.6) is 0 Å². The van der Waals surface area contributed by atoms with Gasteiger partial charge < -0.3 is 15.1 Å². The van der Waals surface area contributed by atoms with E-state index in [9.17, 15) is 4.79 Å². The number of carbonyl (C=O) groups excluding carboxylic acids is 1. The van der Waals surface area contributed by atoms with Crippen LogP contribution in [0.3, 0.4) is 0 Å². The summed E-state index contributed by atoms with van der Waals surface area (Å²) in [5, 5.41) is 3.48. The molecule has 0 atom stereocenters. The molecule has 2 heterocycles.